The van der Waals surface area contributed by atoms with Crippen LogP contribution in [0.15, 0.2) is 12.1 Å². The summed E-state index contributed by atoms with van der Waals surface area (Å²) in [5.41, 5.74) is 2.82. The lowest BCUT2D eigenvalue weighted by Crippen LogP contribution is -2.30. The second kappa shape index (κ2) is 8.73. The molecule has 0 spiro atoms. The summed E-state index contributed by atoms with van der Waals surface area (Å²) in [4.78, 5) is 18.2. The van der Waals surface area contributed by atoms with Gasteiger partial charge in [0.05, 0.1) is 0 Å². The number of anilines is 1. The first-order valence-electron chi connectivity index (χ1n) is 6.75. The predicted octanol–water partition coefficient (Wildman–Crippen LogP) is 1.48. The van der Waals surface area contributed by atoms with Crippen molar-refractivity contribution in [3.05, 3.63) is 22.8 Å². The van der Waals surface area contributed by atoms with E-state index in [0.29, 0.717) is 17.9 Å². The fraction of sp³-hybridized carbons (Fsp3) is 0.538. The third kappa shape index (κ3) is 5.32. The molecule has 7 heteroatoms. The van der Waals surface area contributed by atoms with E-state index in [1.54, 1.807) is 6.07 Å². The first kappa shape index (κ1) is 16.7. The second-order valence-electron chi connectivity index (χ2n) is 4.34. The summed E-state index contributed by atoms with van der Waals surface area (Å²) in [6, 6.07) is 3.08. The van der Waals surface area contributed by atoms with Gasteiger partial charge in [0.25, 0.3) is 5.91 Å². The Morgan fingerprint density at radius 1 is 1.40 bits per heavy atom. The van der Waals surface area contributed by atoms with E-state index in [1.807, 2.05) is 0 Å². The van der Waals surface area contributed by atoms with E-state index in [1.165, 1.54) is 6.07 Å². The first-order chi connectivity index (χ1) is 9.60. The average Bonchev–Trinajstić information content (AvgIpc) is 2.46. The van der Waals surface area contributed by atoms with Gasteiger partial charge < -0.3 is 15.6 Å². The molecule has 4 N–H and O–H groups in total. The van der Waals surface area contributed by atoms with Crippen molar-refractivity contribution in [2.24, 2.45) is 5.84 Å². The third-order valence-electron chi connectivity index (χ3n) is 3.04. The van der Waals surface area contributed by atoms with Crippen molar-refractivity contribution < 1.29 is 4.79 Å². The summed E-state index contributed by atoms with van der Waals surface area (Å²) >= 11 is 5.82. The zero-order chi connectivity index (χ0) is 15.0. The number of nitrogens with zero attached hydrogens (tertiary/aromatic N) is 2. The van der Waals surface area contributed by atoms with Crippen molar-refractivity contribution in [3.63, 3.8) is 0 Å². The maximum atomic E-state index is 12.0. The molecule has 1 heterocycles. The van der Waals surface area contributed by atoms with Gasteiger partial charge in [-0.3, -0.25) is 4.79 Å². The van der Waals surface area contributed by atoms with Gasteiger partial charge in [0.1, 0.15) is 11.0 Å². The van der Waals surface area contributed by atoms with Gasteiger partial charge in [0.2, 0.25) is 0 Å². The third-order valence-corrected chi connectivity index (χ3v) is 3.23. The number of hydrogen-bond acceptors (Lipinski definition) is 5. The van der Waals surface area contributed by atoms with Crippen LogP contribution in [0, 0.1) is 0 Å². The van der Waals surface area contributed by atoms with Gasteiger partial charge in [-0.1, -0.05) is 25.4 Å². The Morgan fingerprint density at radius 3 is 2.70 bits per heavy atom. The lowest BCUT2D eigenvalue weighted by molar-refractivity contribution is 0.0952. The number of pyridine rings is 1. The molecule has 0 saturated carbocycles. The monoisotopic (exact) mass is 299 g/mol. The zero-order valence-electron chi connectivity index (χ0n) is 11.9. The summed E-state index contributed by atoms with van der Waals surface area (Å²) in [7, 11) is 0. The van der Waals surface area contributed by atoms with E-state index in [4.69, 9.17) is 17.4 Å². The molecule has 0 saturated heterocycles. The Hall–Kier alpha value is -1.37. The molecule has 1 aromatic rings. The van der Waals surface area contributed by atoms with Crippen LogP contribution >= 0.6 is 11.6 Å². The number of nitrogens with one attached hydrogen (secondary N) is 2. The summed E-state index contributed by atoms with van der Waals surface area (Å²) in [5, 5.41) is 3.09. The number of carbonyl (C=O) groups is 1. The average molecular weight is 300 g/mol. The molecule has 0 aliphatic rings. The van der Waals surface area contributed by atoms with Gasteiger partial charge in [-0.2, -0.15) is 0 Å². The van der Waals surface area contributed by atoms with E-state index in [0.717, 1.165) is 26.1 Å². The van der Waals surface area contributed by atoms with Gasteiger partial charge in [-0.15, -0.1) is 0 Å². The van der Waals surface area contributed by atoms with Gasteiger partial charge in [0, 0.05) is 12.1 Å². The van der Waals surface area contributed by atoms with Crippen LogP contribution in [-0.4, -0.2) is 42.0 Å². The molecule has 0 radical (unpaired) electrons. The fourth-order valence-electron chi connectivity index (χ4n) is 1.85. The van der Waals surface area contributed by atoms with Gasteiger partial charge in [-0.05, 0) is 38.2 Å². The van der Waals surface area contributed by atoms with Crippen LogP contribution in [0.3, 0.4) is 0 Å². The standard InChI is InChI=1S/C13H22ClN5O/c1-3-19(4-2)7-5-6-16-13(20)10-8-11(14)17-12(9-10)18-15/h8-9H,3-7,15H2,1-2H3,(H,16,20)(H,17,18). The van der Waals surface area contributed by atoms with Crippen LogP contribution in [0.4, 0.5) is 5.82 Å². The van der Waals surface area contributed by atoms with E-state index in [-0.39, 0.29) is 11.1 Å². The molecule has 1 amide bonds. The lowest BCUT2D eigenvalue weighted by atomic mass is 10.2. The fourth-order valence-corrected chi connectivity index (χ4v) is 2.06. The molecule has 112 valence electrons. The largest absolute Gasteiger partial charge is 0.352 e. The van der Waals surface area contributed by atoms with Crippen LogP contribution < -0.4 is 16.6 Å². The number of nitrogen functional groups attached to an aromatic ring is 1. The van der Waals surface area contributed by atoms with Crippen molar-refractivity contribution in [1.82, 2.24) is 15.2 Å². The number of nitrogens with two attached hydrogens (primary N) is 1. The number of rotatable bonds is 8. The minimum Gasteiger partial charge on any atom is -0.352 e. The zero-order valence-corrected chi connectivity index (χ0v) is 12.7. The predicted molar refractivity (Wildman–Crippen MR) is 81.8 cm³/mol. The normalized spacial score (nSPS) is 10.7. The minimum absolute atomic E-state index is 0.176. The molecule has 1 rings (SSSR count). The van der Waals surface area contributed by atoms with Gasteiger partial charge in [-0.25, -0.2) is 10.8 Å². The molecule has 0 aliphatic heterocycles. The van der Waals surface area contributed by atoms with E-state index in [2.05, 4.69) is 34.5 Å². The highest BCUT2D eigenvalue weighted by Crippen LogP contribution is 2.13. The molecule has 0 fully saturated rings. The maximum absolute atomic E-state index is 12.0. The molecule has 1 aromatic heterocycles. The molecular weight excluding hydrogens is 278 g/mol. The Labute approximate surface area is 124 Å². The van der Waals surface area contributed by atoms with Gasteiger partial charge in [0.15, 0.2) is 0 Å². The molecule has 20 heavy (non-hydrogen) atoms. The van der Waals surface area contributed by atoms with Crippen LogP contribution in [0.1, 0.15) is 30.6 Å². The number of amides is 1. The van der Waals surface area contributed by atoms with E-state index >= 15 is 0 Å². The smallest absolute Gasteiger partial charge is 0.251 e. The minimum atomic E-state index is -0.176. The lowest BCUT2D eigenvalue weighted by Gasteiger charge is -2.17. The topological polar surface area (TPSA) is 83.3 Å². The quantitative estimate of drug-likeness (QED) is 0.293. The summed E-state index contributed by atoms with van der Waals surface area (Å²) in [6.45, 7) is 7.90. The van der Waals surface area contributed by atoms with E-state index < -0.39 is 0 Å². The maximum Gasteiger partial charge on any atom is 0.251 e. The Kier molecular flexibility index (Phi) is 7.28. The van der Waals surface area contributed by atoms with Crippen LogP contribution in [0.2, 0.25) is 5.15 Å². The number of carbonyl (C=O) groups excluding carboxylic acids is 1. The molecule has 0 unspecified atom stereocenters. The highest BCUT2D eigenvalue weighted by Gasteiger charge is 2.08. The highest BCUT2D eigenvalue weighted by atomic mass is 35.5. The van der Waals surface area contributed by atoms with Crippen LogP contribution in [0.25, 0.3) is 0 Å². The van der Waals surface area contributed by atoms with Gasteiger partial charge >= 0.3 is 0 Å². The van der Waals surface area contributed by atoms with Crippen molar-refractivity contribution in [2.45, 2.75) is 20.3 Å². The Balaban J connectivity index is 2.45. The van der Waals surface area contributed by atoms with Crippen LogP contribution in [0.5, 0.6) is 0 Å². The Morgan fingerprint density at radius 2 is 2.10 bits per heavy atom. The highest BCUT2D eigenvalue weighted by molar-refractivity contribution is 6.29. The first-order valence-corrected chi connectivity index (χ1v) is 7.13. The molecule has 6 nitrogen and oxygen atoms in total. The number of halogens is 1. The Bertz CT molecular complexity index is 437. The molecule has 0 atom stereocenters. The molecule has 0 aromatic carbocycles. The van der Waals surface area contributed by atoms with Crippen molar-refractivity contribution in [2.75, 3.05) is 31.6 Å². The number of hydrazine groups is 1. The molecular formula is C13H22ClN5O. The summed E-state index contributed by atoms with van der Waals surface area (Å²) in [6.07, 6.45) is 0.911. The molecule has 0 bridgehead atoms. The van der Waals surface area contributed by atoms with E-state index in [9.17, 15) is 4.79 Å². The van der Waals surface area contributed by atoms with Crippen molar-refractivity contribution in [1.29, 1.82) is 0 Å². The van der Waals surface area contributed by atoms with Crippen molar-refractivity contribution in [3.8, 4) is 0 Å². The SMILES string of the molecule is CCN(CC)CCCNC(=O)c1cc(Cl)nc(NN)c1. The van der Waals surface area contributed by atoms with Crippen LogP contribution in [-0.2, 0) is 0 Å². The summed E-state index contributed by atoms with van der Waals surface area (Å²) < 4.78 is 0. The molecule has 0 aliphatic carbocycles. The number of aromatic nitrogens is 1. The summed E-state index contributed by atoms with van der Waals surface area (Å²) in [5.74, 6) is 5.46. The number of hydrogen-bond donors (Lipinski definition) is 3. The van der Waals surface area contributed by atoms with Crippen molar-refractivity contribution >= 4 is 23.3 Å². The second-order valence-corrected chi connectivity index (χ2v) is 4.73.